The zero-order chi connectivity index (χ0) is 20.5. The Labute approximate surface area is 169 Å². The molecule has 0 radical (unpaired) electrons. The zero-order valence-corrected chi connectivity index (χ0v) is 16.1. The number of likely N-dealkylation sites (tertiary alicyclic amines) is 1. The number of esters is 1. The van der Waals surface area contributed by atoms with E-state index in [4.69, 9.17) is 9.47 Å². The second-order valence-electron chi connectivity index (χ2n) is 6.76. The smallest absolute Gasteiger partial charge is 0.410 e. The Balaban J connectivity index is 1.43. The standard InChI is InChI=1S/C22H24N2O5/c25-20(28-15-17-8-3-1-4-9-17)14-23-21(26)19-12-7-13-24(19)22(27)29-16-18-10-5-2-6-11-18/h1-6,8-11,19H,7,12-16H2,(H,23,26)/t19-/m1/s1. The molecular weight excluding hydrogens is 372 g/mol. The van der Waals surface area contributed by atoms with Gasteiger partial charge in [0.15, 0.2) is 0 Å². The molecule has 0 aromatic heterocycles. The number of hydrogen-bond acceptors (Lipinski definition) is 5. The Hall–Kier alpha value is -3.35. The summed E-state index contributed by atoms with van der Waals surface area (Å²) in [6.07, 6.45) is 0.709. The molecule has 1 aliphatic heterocycles. The first-order valence-corrected chi connectivity index (χ1v) is 9.58. The largest absolute Gasteiger partial charge is 0.460 e. The van der Waals surface area contributed by atoms with Crippen molar-refractivity contribution in [1.29, 1.82) is 0 Å². The molecule has 1 atom stereocenters. The van der Waals surface area contributed by atoms with Crippen LogP contribution in [0.15, 0.2) is 60.7 Å². The minimum Gasteiger partial charge on any atom is -0.460 e. The number of ether oxygens (including phenoxy) is 2. The number of benzene rings is 2. The molecule has 0 aliphatic carbocycles. The lowest BCUT2D eigenvalue weighted by Crippen LogP contribution is -2.47. The van der Waals surface area contributed by atoms with Crippen LogP contribution in [0.5, 0.6) is 0 Å². The summed E-state index contributed by atoms with van der Waals surface area (Å²) in [6.45, 7) is 0.506. The SMILES string of the molecule is O=C(CNC(=O)[C@H]1CCCN1C(=O)OCc1ccccc1)OCc1ccccc1. The molecule has 2 amide bonds. The summed E-state index contributed by atoms with van der Waals surface area (Å²) >= 11 is 0. The van der Waals surface area contributed by atoms with Crippen molar-refractivity contribution in [2.24, 2.45) is 0 Å². The third kappa shape index (κ3) is 6.07. The van der Waals surface area contributed by atoms with Gasteiger partial charge in [0.1, 0.15) is 25.8 Å². The van der Waals surface area contributed by atoms with Crippen LogP contribution in [0.25, 0.3) is 0 Å². The molecule has 1 aliphatic rings. The number of rotatable bonds is 7. The first-order valence-electron chi connectivity index (χ1n) is 9.58. The summed E-state index contributed by atoms with van der Waals surface area (Å²) in [7, 11) is 0. The fourth-order valence-electron chi connectivity index (χ4n) is 3.13. The predicted octanol–water partition coefficient (Wildman–Crippen LogP) is 2.65. The Kier molecular flexibility index (Phi) is 7.22. The predicted molar refractivity (Wildman–Crippen MR) is 106 cm³/mol. The summed E-state index contributed by atoms with van der Waals surface area (Å²) in [4.78, 5) is 38.1. The van der Waals surface area contributed by atoms with Crippen LogP contribution in [0.3, 0.4) is 0 Å². The number of carbonyl (C=O) groups excluding carboxylic acids is 3. The van der Waals surface area contributed by atoms with Crippen molar-refractivity contribution in [3.8, 4) is 0 Å². The van der Waals surface area contributed by atoms with Gasteiger partial charge in [0.2, 0.25) is 5.91 Å². The van der Waals surface area contributed by atoms with Gasteiger partial charge in [0, 0.05) is 6.54 Å². The second-order valence-corrected chi connectivity index (χ2v) is 6.76. The van der Waals surface area contributed by atoms with E-state index < -0.39 is 18.1 Å². The first-order chi connectivity index (χ1) is 14.1. The van der Waals surface area contributed by atoms with Crippen LogP contribution >= 0.6 is 0 Å². The van der Waals surface area contributed by atoms with Gasteiger partial charge in [0.25, 0.3) is 0 Å². The minimum absolute atomic E-state index is 0.149. The van der Waals surface area contributed by atoms with Crippen molar-refractivity contribution < 1.29 is 23.9 Å². The number of hydrogen-bond donors (Lipinski definition) is 1. The lowest BCUT2D eigenvalue weighted by Gasteiger charge is -2.23. The van der Waals surface area contributed by atoms with E-state index in [9.17, 15) is 14.4 Å². The van der Waals surface area contributed by atoms with Crippen LogP contribution in [0.2, 0.25) is 0 Å². The summed E-state index contributed by atoms with van der Waals surface area (Å²) in [5.74, 6) is -0.908. The van der Waals surface area contributed by atoms with E-state index in [1.165, 1.54) is 4.90 Å². The fraction of sp³-hybridized carbons (Fsp3) is 0.318. The lowest BCUT2D eigenvalue weighted by atomic mass is 10.2. The van der Waals surface area contributed by atoms with E-state index in [0.717, 1.165) is 11.1 Å². The van der Waals surface area contributed by atoms with Crippen LogP contribution in [-0.4, -0.2) is 42.0 Å². The molecular formula is C22H24N2O5. The third-order valence-corrected chi connectivity index (χ3v) is 4.64. The molecule has 2 aromatic carbocycles. The normalized spacial score (nSPS) is 15.6. The number of carbonyl (C=O) groups is 3. The Bertz CT molecular complexity index is 826. The Morgan fingerprint density at radius 3 is 2.10 bits per heavy atom. The van der Waals surface area contributed by atoms with Gasteiger partial charge in [-0.2, -0.15) is 0 Å². The van der Waals surface area contributed by atoms with Crippen LogP contribution < -0.4 is 5.32 Å². The van der Waals surface area contributed by atoms with Crippen molar-refractivity contribution in [3.05, 3.63) is 71.8 Å². The van der Waals surface area contributed by atoms with E-state index in [-0.39, 0.29) is 25.7 Å². The fourth-order valence-corrected chi connectivity index (χ4v) is 3.13. The topological polar surface area (TPSA) is 84.9 Å². The maximum absolute atomic E-state index is 12.4. The quantitative estimate of drug-likeness (QED) is 0.728. The molecule has 0 spiro atoms. The maximum atomic E-state index is 12.4. The van der Waals surface area contributed by atoms with Gasteiger partial charge >= 0.3 is 12.1 Å². The Morgan fingerprint density at radius 2 is 1.48 bits per heavy atom. The Morgan fingerprint density at radius 1 is 0.897 bits per heavy atom. The highest BCUT2D eigenvalue weighted by molar-refractivity contribution is 5.88. The number of nitrogens with one attached hydrogen (secondary N) is 1. The van der Waals surface area contributed by atoms with E-state index in [1.54, 1.807) is 0 Å². The van der Waals surface area contributed by atoms with Gasteiger partial charge in [-0.15, -0.1) is 0 Å². The van der Waals surface area contributed by atoms with Crippen LogP contribution in [0.4, 0.5) is 4.79 Å². The van der Waals surface area contributed by atoms with Gasteiger partial charge < -0.3 is 14.8 Å². The zero-order valence-electron chi connectivity index (χ0n) is 16.1. The van der Waals surface area contributed by atoms with E-state index in [1.807, 2.05) is 60.7 Å². The molecule has 1 N–H and O–H groups in total. The molecule has 2 aromatic rings. The van der Waals surface area contributed by atoms with Crippen molar-refractivity contribution in [2.45, 2.75) is 32.1 Å². The van der Waals surface area contributed by atoms with Gasteiger partial charge in [-0.05, 0) is 24.0 Å². The van der Waals surface area contributed by atoms with Gasteiger partial charge in [0.05, 0.1) is 0 Å². The van der Waals surface area contributed by atoms with Crippen molar-refractivity contribution in [1.82, 2.24) is 10.2 Å². The molecule has 0 bridgehead atoms. The van der Waals surface area contributed by atoms with E-state index in [2.05, 4.69) is 5.32 Å². The summed E-state index contributed by atoms with van der Waals surface area (Å²) in [5, 5.41) is 2.56. The molecule has 0 unspecified atom stereocenters. The highest BCUT2D eigenvalue weighted by Crippen LogP contribution is 2.19. The summed E-state index contributed by atoms with van der Waals surface area (Å²) < 4.78 is 10.5. The maximum Gasteiger partial charge on any atom is 0.410 e. The third-order valence-electron chi connectivity index (χ3n) is 4.64. The number of amides is 2. The molecule has 1 fully saturated rings. The highest BCUT2D eigenvalue weighted by atomic mass is 16.6. The van der Waals surface area contributed by atoms with Crippen molar-refractivity contribution >= 4 is 18.0 Å². The van der Waals surface area contributed by atoms with Crippen LogP contribution in [0, 0.1) is 0 Å². The average molecular weight is 396 g/mol. The summed E-state index contributed by atoms with van der Waals surface area (Å²) in [6, 6.07) is 18.0. The molecule has 7 nitrogen and oxygen atoms in total. The average Bonchev–Trinajstić information content (AvgIpc) is 3.26. The molecule has 0 saturated carbocycles. The molecule has 7 heteroatoms. The van der Waals surface area contributed by atoms with Gasteiger partial charge in [-0.3, -0.25) is 14.5 Å². The van der Waals surface area contributed by atoms with Crippen LogP contribution in [-0.2, 0) is 32.3 Å². The molecule has 152 valence electrons. The van der Waals surface area contributed by atoms with Gasteiger partial charge in [-0.1, -0.05) is 60.7 Å². The molecule has 1 saturated heterocycles. The van der Waals surface area contributed by atoms with Crippen LogP contribution in [0.1, 0.15) is 24.0 Å². The monoisotopic (exact) mass is 396 g/mol. The minimum atomic E-state index is -0.639. The van der Waals surface area contributed by atoms with E-state index >= 15 is 0 Å². The first kappa shape index (κ1) is 20.4. The highest BCUT2D eigenvalue weighted by Gasteiger charge is 2.35. The van der Waals surface area contributed by atoms with Crippen molar-refractivity contribution in [3.63, 3.8) is 0 Å². The summed E-state index contributed by atoms with van der Waals surface area (Å²) in [5.41, 5.74) is 1.75. The second kappa shape index (κ2) is 10.3. The molecule has 29 heavy (non-hydrogen) atoms. The molecule has 3 rings (SSSR count). The number of nitrogens with zero attached hydrogens (tertiary/aromatic N) is 1. The lowest BCUT2D eigenvalue weighted by molar-refractivity contribution is -0.145. The van der Waals surface area contributed by atoms with Gasteiger partial charge in [-0.25, -0.2) is 4.79 Å². The van der Waals surface area contributed by atoms with Crippen molar-refractivity contribution in [2.75, 3.05) is 13.1 Å². The molecule has 1 heterocycles. The van der Waals surface area contributed by atoms with E-state index in [0.29, 0.717) is 19.4 Å².